The summed E-state index contributed by atoms with van der Waals surface area (Å²) in [5.74, 6) is -0.134. The van der Waals surface area contributed by atoms with E-state index < -0.39 is 0 Å². The van der Waals surface area contributed by atoms with Crippen LogP contribution in [-0.4, -0.2) is 47.6 Å². The van der Waals surface area contributed by atoms with E-state index in [4.69, 9.17) is 0 Å². The van der Waals surface area contributed by atoms with E-state index in [1.54, 1.807) is 24.3 Å². The van der Waals surface area contributed by atoms with Gasteiger partial charge in [0.1, 0.15) is 0 Å². The molecular weight excluding hydrogens is 316 g/mol. The van der Waals surface area contributed by atoms with Gasteiger partial charge >= 0.3 is 0 Å². The van der Waals surface area contributed by atoms with Gasteiger partial charge in [-0.3, -0.25) is 9.59 Å². The van der Waals surface area contributed by atoms with E-state index in [9.17, 15) is 14.7 Å². The van der Waals surface area contributed by atoms with Crippen molar-refractivity contribution in [2.45, 2.75) is 52.5 Å². The van der Waals surface area contributed by atoms with Crippen molar-refractivity contribution in [2.24, 2.45) is 5.41 Å². The Kier molecular flexibility index (Phi) is 6.59. The fourth-order valence-corrected chi connectivity index (χ4v) is 3.09. The zero-order chi connectivity index (χ0) is 18.4. The van der Waals surface area contributed by atoms with Gasteiger partial charge in [-0.05, 0) is 55.4 Å². The van der Waals surface area contributed by atoms with Crippen LogP contribution in [0.3, 0.4) is 0 Å². The quantitative estimate of drug-likeness (QED) is 0.861. The van der Waals surface area contributed by atoms with Gasteiger partial charge in [-0.25, -0.2) is 0 Å². The van der Waals surface area contributed by atoms with Gasteiger partial charge < -0.3 is 15.3 Å². The minimum Gasteiger partial charge on any atom is -0.396 e. The Morgan fingerprint density at radius 1 is 1.16 bits per heavy atom. The van der Waals surface area contributed by atoms with Crippen molar-refractivity contribution < 1.29 is 14.7 Å². The molecule has 2 N–H and O–H groups in total. The molecule has 2 amide bonds. The number of nitrogens with one attached hydrogen (secondary N) is 1. The molecule has 0 radical (unpaired) electrons. The third-order valence-electron chi connectivity index (χ3n) is 4.52. The van der Waals surface area contributed by atoms with E-state index in [-0.39, 0.29) is 29.9 Å². The highest BCUT2D eigenvalue weighted by atomic mass is 16.3. The van der Waals surface area contributed by atoms with Gasteiger partial charge in [-0.1, -0.05) is 20.8 Å². The van der Waals surface area contributed by atoms with Crippen LogP contribution in [0.5, 0.6) is 0 Å². The standard InChI is InChI=1S/C20H30N2O3/c1-20(2,3)14-21-18(24)15-7-9-16(10-8-15)19(25)22-12-5-4-6-17(22)11-13-23/h7-10,17,23H,4-6,11-14H2,1-3H3,(H,21,24). The van der Waals surface area contributed by atoms with E-state index in [0.29, 0.717) is 24.1 Å². The number of carbonyl (C=O) groups excluding carboxylic acids is 2. The van der Waals surface area contributed by atoms with Gasteiger partial charge in [0.15, 0.2) is 0 Å². The van der Waals surface area contributed by atoms with E-state index in [1.807, 2.05) is 4.90 Å². The average molecular weight is 346 g/mol. The number of rotatable bonds is 5. The topological polar surface area (TPSA) is 69.6 Å². The monoisotopic (exact) mass is 346 g/mol. The highest BCUT2D eigenvalue weighted by molar-refractivity contribution is 5.98. The zero-order valence-electron chi connectivity index (χ0n) is 15.5. The highest BCUT2D eigenvalue weighted by Gasteiger charge is 2.27. The number of hydrogen-bond acceptors (Lipinski definition) is 3. The lowest BCUT2D eigenvalue weighted by Gasteiger charge is -2.35. The minimum absolute atomic E-state index is 0.0141. The van der Waals surface area contributed by atoms with Crippen molar-refractivity contribution in [2.75, 3.05) is 19.7 Å². The second kappa shape index (κ2) is 8.48. The van der Waals surface area contributed by atoms with Crippen molar-refractivity contribution in [3.63, 3.8) is 0 Å². The van der Waals surface area contributed by atoms with E-state index in [0.717, 1.165) is 25.8 Å². The molecule has 1 aromatic rings. The number of nitrogens with zero attached hydrogens (tertiary/aromatic N) is 1. The number of piperidine rings is 1. The summed E-state index contributed by atoms with van der Waals surface area (Å²) in [5.41, 5.74) is 1.19. The summed E-state index contributed by atoms with van der Waals surface area (Å²) in [4.78, 5) is 26.8. The summed E-state index contributed by atoms with van der Waals surface area (Å²) in [7, 11) is 0. The molecular formula is C20H30N2O3. The SMILES string of the molecule is CC(C)(C)CNC(=O)c1ccc(C(=O)N2CCCCC2CCO)cc1. The van der Waals surface area contributed by atoms with Gasteiger partial charge in [0.25, 0.3) is 11.8 Å². The first-order valence-electron chi connectivity index (χ1n) is 9.12. The molecule has 0 bridgehead atoms. The lowest BCUT2D eigenvalue weighted by atomic mass is 9.96. The number of hydrogen-bond donors (Lipinski definition) is 2. The number of carbonyl (C=O) groups is 2. The van der Waals surface area contributed by atoms with Crippen LogP contribution in [0.25, 0.3) is 0 Å². The number of likely N-dealkylation sites (tertiary alicyclic amines) is 1. The molecule has 1 heterocycles. The molecule has 138 valence electrons. The van der Waals surface area contributed by atoms with Crippen LogP contribution >= 0.6 is 0 Å². The molecule has 0 aromatic heterocycles. The Hall–Kier alpha value is -1.88. The third kappa shape index (κ3) is 5.56. The summed E-state index contributed by atoms with van der Waals surface area (Å²) in [5, 5.41) is 12.1. The second-order valence-electron chi connectivity index (χ2n) is 7.98. The first-order valence-corrected chi connectivity index (χ1v) is 9.12. The third-order valence-corrected chi connectivity index (χ3v) is 4.52. The van der Waals surface area contributed by atoms with Crippen molar-refractivity contribution in [1.82, 2.24) is 10.2 Å². The fourth-order valence-electron chi connectivity index (χ4n) is 3.09. The van der Waals surface area contributed by atoms with Gasteiger partial charge in [0.05, 0.1) is 0 Å². The average Bonchev–Trinajstić information content (AvgIpc) is 2.59. The number of benzene rings is 1. The van der Waals surface area contributed by atoms with Crippen LogP contribution in [0, 0.1) is 5.41 Å². The van der Waals surface area contributed by atoms with Crippen LogP contribution in [0.1, 0.15) is 67.2 Å². The Morgan fingerprint density at radius 3 is 2.40 bits per heavy atom. The maximum Gasteiger partial charge on any atom is 0.254 e. The van der Waals surface area contributed by atoms with Gasteiger partial charge in [0, 0.05) is 36.9 Å². The van der Waals surface area contributed by atoms with Crippen LogP contribution in [-0.2, 0) is 0 Å². The molecule has 1 aromatic carbocycles. The summed E-state index contributed by atoms with van der Waals surface area (Å²) in [6, 6.07) is 6.96. The lowest BCUT2D eigenvalue weighted by Crippen LogP contribution is -2.44. The van der Waals surface area contributed by atoms with Gasteiger partial charge in [-0.2, -0.15) is 0 Å². The fraction of sp³-hybridized carbons (Fsp3) is 0.600. The van der Waals surface area contributed by atoms with Gasteiger partial charge in [-0.15, -0.1) is 0 Å². The first-order chi connectivity index (χ1) is 11.8. The maximum atomic E-state index is 12.8. The number of aliphatic hydroxyl groups excluding tert-OH is 1. The number of amides is 2. The summed E-state index contributed by atoms with van der Waals surface area (Å²) >= 11 is 0. The van der Waals surface area contributed by atoms with Crippen LogP contribution in [0.15, 0.2) is 24.3 Å². The Balaban J connectivity index is 2.03. The van der Waals surface area contributed by atoms with Gasteiger partial charge in [0.2, 0.25) is 0 Å². The largest absolute Gasteiger partial charge is 0.396 e. The summed E-state index contributed by atoms with van der Waals surface area (Å²) < 4.78 is 0. The molecule has 1 unspecified atom stereocenters. The highest BCUT2D eigenvalue weighted by Crippen LogP contribution is 2.22. The zero-order valence-corrected chi connectivity index (χ0v) is 15.5. The molecule has 25 heavy (non-hydrogen) atoms. The molecule has 1 aliphatic rings. The van der Waals surface area contributed by atoms with E-state index in [2.05, 4.69) is 26.1 Å². The number of aliphatic hydroxyl groups is 1. The molecule has 1 aliphatic heterocycles. The lowest BCUT2D eigenvalue weighted by molar-refractivity contribution is 0.0574. The minimum atomic E-state index is -0.120. The summed E-state index contributed by atoms with van der Waals surface area (Å²) in [6.07, 6.45) is 3.67. The molecule has 1 atom stereocenters. The summed E-state index contributed by atoms with van der Waals surface area (Å²) in [6.45, 7) is 7.63. The van der Waals surface area contributed by atoms with E-state index >= 15 is 0 Å². The molecule has 2 rings (SSSR count). The second-order valence-corrected chi connectivity index (χ2v) is 7.98. The smallest absolute Gasteiger partial charge is 0.254 e. The molecule has 5 nitrogen and oxygen atoms in total. The maximum absolute atomic E-state index is 12.8. The van der Waals surface area contributed by atoms with E-state index in [1.165, 1.54) is 0 Å². The van der Waals surface area contributed by atoms with Crippen molar-refractivity contribution in [1.29, 1.82) is 0 Å². The normalized spacial score (nSPS) is 18.1. The Labute approximate surface area is 150 Å². The van der Waals surface area contributed by atoms with Crippen LogP contribution in [0.2, 0.25) is 0 Å². The predicted octanol–water partition coefficient (Wildman–Crippen LogP) is 2.84. The van der Waals surface area contributed by atoms with Crippen molar-refractivity contribution in [3.8, 4) is 0 Å². The molecule has 0 spiro atoms. The van der Waals surface area contributed by atoms with Crippen LogP contribution in [0.4, 0.5) is 0 Å². The van der Waals surface area contributed by atoms with Crippen LogP contribution < -0.4 is 5.32 Å². The Morgan fingerprint density at radius 2 is 1.80 bits per heavy atom. The Bertz CT molecular complexity index is 588. The molecule has 0 aliphatic carbocycles. The predicted molar refractivity (Wildman–Crippen MR) is 98.6 cm³/mol. The molecule has 1 fully saturated rings. The molecule has 5 heteroatoms. The van der Waals surface area contributed by atoms with Crippen molar-refractivity contribution >= 4 is 11.8 Å². The molecule has 0 saturated carbocycles. The van der Waals surface area contributed by atoms with Crippen molar-refractivity contribution in [3.05, 3.63) is 35.4 Å². The first kappa shape index (κ1) is 19.4. The molecule has 1 saturated heterocycles.